The Bertz CT molecular complexity index is 271. The molecule has 0 aromatic heterocycles. The molecule has 13 heavy (non-hydrogen) atoms. The van der Waals surface area contributed by atoms with Gasteiger partial charge in [-0.05, 0) is 26.0 Å². The molecule has 1 radical (unpaired) electrons. The molecule has 0 spiro atoms. The first-order valence-electron chi connectivity index (χ1n) is 4.34. The average molecular weight is 181 g/mol. The van der Waals surface area contributed by atoms with E-state index in [2.05, 4.69) is 0 Å². The molecule has 1 aromatic rings. The molecule has 0 saturated carbocycles. The summed E-state index contributed by atoms with van der Waals surface area (Å²) < 4.78 is 10.4. The number of benzene rings is 1. The molecular weight excluding hydrogens is 168 g/mol. The molecule has 0 amide bonds. The van der Waals surface area contributed by atoms with E-state index in [4.69, 9.17) is 9.47 Å². The van der Waals surface area contributed by atoms with Crippen molar-refractivity contribution in [1.82, 2.24) is 0 Å². The van der Waals surface area contributed by atoms with Crippen LogP contribution in [0.1, 0.15) is 13.8 Å². The van der Waals surface area contributed by atoms with E-state index in [-0.39, 0.29) is 5.75 Å². The first kappa shape index (κ1) is 9.71. The summed E-state index contributed by atoms with van der Waals surface area (Å²) in [6, 6.07) is 4.72. The van der Waals surface area contributed by atoms with Crippen LogP contribution in [0.4, 0.5) is 0 Å². The Morgan fingerprint density at radius 3 is 2.46 bits per heavy atom. The summed E-state index contributed by atoms with van der Waals surface area (Å²) in [6.07, 6.45) is 0. The van der Waals surface area contributed by atoms with Gasteiger partial charge in [0.25, 0.3) is 0 Å². The first-order chi connectivity index (χ1) is 6.27. The Morgan fingerprint density at radius 1 is 1.15 bits per heavy atom. The van der Waals surface area contributed by atoms with Crippen LogP contribution in [-0.4, -0.2) is 13.2 Å². The summed E-state index contributed by atoms with van der Waals surface area (Å²) in [5, 5.41) is 11.2. The predicted molar refractivity (Wildman–Crippen MR) is 48.9 cm³/mol. The van der Waals surface area contributed by atoms with Crippen molar-refractivity contribution in [2.24, 2.45) is 0 Å². The number of hydrogen-bond donors (Lipinski definition) is 0. The topological polar surface area (TPSA) is 38.4 Å². The minimum atomic E-state index is -0.106. The molecule has 0 aliphatic heterocycles. The van der Waals surface area contributed by atoms with Gasteiger partial charge in [0.1, 0.15) is 5.75 Å². The summed E-state index contributed by atoms with van der Waals surface area (Å²) in [4.78, 5) is 0. The van der Waals surface area contributed by atoms with Crippen LogP contribution in [0.25, 0.3) is 0 Å². The van der Waals surface area contributed by atoms with Gasteiger partial charge in [0.2, 0.25) is 5.75 Å². The molecule has 71 valence electrons. The normalized spacial score (nSPS) is 9.69. The zero-order valence-corrected chi connectivity index (χ0v) is 7.87. The SMILES string of the molecule is CCOc1ccc([O])c(OCC)c1. The highest BCUT2D eigenvalue weighted by atomic mass is 16.5. The van der Waals surface area contributed by atoms with E-state index >= 15 is 0 Å². The highest BCUT2D eigenvalue weighted by Gasteiger charge is 2.05. The Morgan fingerprint density at radius 2 is 1.85 bits per heavy atom. The Hall–Kier alpha value is -1.38. The van der Waals surface area contributed by atoms with Gasteiger partial charge >= 0.3 is 0 Å². The second-order valence-electron chi connectivity index (χ2n) is 2.47. The number of ether oxygens (including phenoxy) is 2. The maximum atomic E-state index is 11.2. The molecule has 1 rings (SSSR count). The molecule has 1 aromatic carbocycles. The fourth-order valence-corrected chi connectivity index (χ4v) is 1.01. The minimum Gasteiger partial charge on any atom is -0.494 e. The van der Waals surface area contributed by atoms with E-state index in [1.807, 2.05) is 13.8 Å². The van der Waals surface area contributed by atoms with Gasteiger partial charge in [-0.25, -0.2) is 0 Å². The Balaban J connectivity index is 2.83. The molecule has 0 aliphatic rings. The van der Waals surface area contributed by atoms with Crippen molar-refractivity contribution < 1.29 is 14.6 Å². The molecule has 0 fully saturated rings. The van der Waals surface area contributed by atoms with Crippen LogP contribution in [0.2, 0.25) is 0 Å². The van der Waals surface area contributed by atoms with Gasteiger partial charge in [0.05, 0.1) is 13.2 Å². The molecule has 3 nitrogen and oxygen atoms in total. The molecule has 0 unspecified atom stereocenters. The van der Waals surface area contributed by atoms with E-state index in [0.29, 0.717) is 24.7 Å². The molecule has 0 aliphatic carbocycles. The van der Waals surface area contributed by atoms with Gasteiger partial charge < -0.3 is 9.47 Å². The summed E-state index contributed by atoms with van der Waals surface area (Å²) in [6.45, 7) is 4.81. The van der Waals surface area contributed by atoms with Crippen molar-refractivity contribution in [3.05, 3.63) is 18.2 Å². The molecular formula is C10H13O3. The Labute approximate surface area is 77.9 Å². The van der Waals surface area contributed by atoms with E-state index in [1.165, 1.54) is 6.07 Å². The largest absolute Gasteiger partial charge is 0.494 e. The van der Waals surface area contributed by atoms with Crippen LogP contribution < -0.4 is 9.47 Å². The summed E-state index contributed by atoms with van der Waals surface area (Å²) in [5.74, 6) is 0.921. The first-order valence-corrected chi connectivity index (χ1v) is 4.34. The summed E-state index contributed by atoms with van der Waals surface area (Å²) in [7, 11) is 0. The zero-order chi connectivity index (χ0) is 9.68. The van der Waals surface area contributed by atoms with Gasteiger partial charge in [-0.2, -0.15) is 0 Å². The molecule has 0 atom stereocenters. The van der Waals surface area contributed by atoms with E-state index < -0.39 is 0 Å². The fraction of sp³-hybridized carbons (Fsp3) is 0.400. The quantitative estimate of drug-likeness (QED) is 0.716. The maximum absolute atomic E-state index is 11.2. The maximum Gasteiger partial charge on any atom is 0.220 e. The van der Waals surface area contributed by atoms with Crippen molar-refractivity contribution in [2.75, 3.05) is 13.2 Å². The Kier molecular flexibility index (Phi) is 3.43. The fourth-order valence-electron chi connectivity index (χ4n) is 1.01. The van der Waals surface area contributed by atoms with Crippen molar-refractivity contribution in [2.45, 2.75) is 13.8 Å². The van der Waals surface area contributed by atoms with Crippen LogP contribution in [-0.2, 0) is 5.11 Å². The van der Waals surface area contributed by atoms with Gasteiger partial charge in [0, 0.05) is 6.07 Å². The summed E-state index contributed by atoms with van der Waals surface area (Å²) in [5.41, 5.74) is 0. The summed E-state index contributed by atoms with van der Waals surface area (Å²) >= 11 is 0. The van der Waals surface area contributed by atoms with E-state index in [0.717, 1.165) is 0 Å². The van der Waals surface area contributed by atoms with Gasteiger partial charge in [0.15, 0.2) is 5.75 Å². The van der Waals surface area contributed by atoms with Gasteiger partial charge in [-0.15, -0.1) is 0 Å². The average Bonchev–Trinajstić information content (AvgIpc) is 2.12. The lowest BCUT2D eigenvalue weighted by atomic mass is 10.3. The molecule has 0 heterocycles. The van der Waals surface area contributed by atoms with Crippen LogP contribution in [0.5, 0.6) is 17.2 Å². The minimum absolute atomic E-state index is 0.106. The van der Waals surface area contributed by atoms with Crippen LogP contribution >= 0.6 is 0 Å². The number of rotatable bonds is 4. The smallest absolute Gasteiger partial charge is 0.220 e. The lowest BCUT2D eigenvalue weighted by Gasteiger charge is -2.06. The van der Waals surface area contributed by atoms with Crippen LogP contribution in [0.3, 0.4) is 0 Å². The van der Waals surface area contributed by atoms with Crippen molar-refractivity contribution in [3.8, 4) is 17.2 Å². The highest BCUT2D eigenvalue weighted by molar-refractivity contribution is 5.44. The lowest BCUT2D eigenvalue weighted by molar-refractivity contribution is 0.282. The lowest BCUT2D eigenvalue weighted by Crippen LogP contribution is -1.94. The van der Waals surface area contributed by atoms with Gasteiger partial charge in [-0.1, -0.05) is 0 Å². The third kappa shape index (κ3) is 2.54. The standard InChI is InChI=1S/C10H13O3/c1-3-12-8-5-6-9(11)10(7-8)13-4-2/h5-7H,3-4H2,1-2H3. The van der Waals surface area contributed by atoms with E-state index in [9.17, 15) is 5.11 Å². The van der Waals surface area contributed by atoms with Crippen molar-refractivity contribution >= 4 is 0 Å². The third-order valence-corrected chi connectivity index (χ3v) is 1.53. The highest BCUT2D eigenvalue weighted by Crippen LogP contribution is 2.30. The van der Waals surface area contributed by atoms with Gasteiger partial charge in [-0.3, -0.25) is 5.11 Å². The second-order valence-corrected chi connectivity index (χ2v) is 2.47. The zero-order valence-electron chi connectivity index (χ0n) is 7.87. The monoisotopic (exact) mass is 181 g/mol. The molecule has 3 heteroatoms. The van der Waals surface area contributed by atoms with E-state index in [1.54, 1.807) is 12.1 Å². The van der Waals surface area contributed by atoms with Crippen molar-refractivity contribution in [3.63, 3.8) is 0 Å². The molecule has 0 N–H and O–H groups in total. The molecule has 0 saturated heterocycles. The third-order valence-electron chi connectivity index (χ3n) is 1.53. The van der Waals surface area contributed by atoms with Crippen LogP contribution in [0, 0.1) is 0 Å². The predicted octanol–water partition coefficient (Wildman–Crippen LogP) is 2.63. The number of hydrogen-bond acceptors (Lipinski definition) is 2. The second kappa shape index (κ2) is 4.60. The van der Waals surface area contributed by atoms with Crippen molar-refractivity contribution in [1.29, 1.82) is 0 Å². The van der Waals surface area contributed by atoms with Crippen LogP contribution in [0.15, 0.2) is 18.2 Å². The molecule has 0 bridgehead atoms.